The summed E-state index contributed by atoms with van der Waals surface area (Å²) in [5, 5.41) is 0. The van der Waals surface area contributed by atoms with Crippen LogP contribution in [0.4, 0.5) is 0 Å². The second kappa shape index (κ2) is 6.65. The Morgan fingerprint density at radius 1 is 1.11 bits per heavy atom. The van der Waals surface area contributed by atoms with Crippen molar-refractivity contribution in [1.29, 1.82) is 0 Å². The van der Waals surface area contributed by atoms with Gasteiger partial charge in [-0.2, -0.15) is 0 Å². The van der Waals surface area contributed by atoms with Gasteiger partial charge in [-0.15, -0.1) is 0 Å². The van der Waals surface area contributed by atoms with Crippen molar-refractivity contribution in [2.75, 3.05) is 0 Å². The van der Waals surface area contributed by atoms with Crippen LogP contribution in [0.25, 0.3) is 0 Å². The van der Waals surface area contributed by atoms with E-state index in [0.717, 1.165) is 5.92 Å². The summed E-state index contributed by atoms with van der Waals surface area (Å²) in [6.07, 6.45) is 2.60. The first-order valence-electron chi connectivity index (χ1n) is 3.46. The molecule has 0 saturated carbocycles. The van der Waals surface area contributed by atoms with Crippen molar-refractivity contribution >= 4 is 17.4 Å². The molecule has 0 N–H and O–H groups in total. The van der Waals surface area contributed by atoms with Crippen molar-refractivity contribution in [3.8, 4) is 0 Å². The van der Waals surface area contributed by atoms with Gasteiger partial charge in [0.2, 0.25) is 0 Å². The van der Waals surface area contributed by atoms with E-state index in [1.807, 2.05) is 0 Å². The van der Waals surface area contributed by atoms with Gasteiger partial charge in [-0.25, -0.2) is 0 Å². The zero-order valence-electron chi connectivity index (χ0n) is 6.28. The summed E-state index contributed by atoms with van der Waals surface area (Å²) >= 11 is 0. The molecule has 0 aromatic rings. The molecule has 0 fully saturated rings. The van der Waals surface area contributed by atoms with Gasteiger partial charge >= 0.3 is 0 Å². The molecule has 0 aliphatic heterocycles. The third kappa shape index (κ3) is 11.9. The highest BCUT2D eigenvalue weighted by Crippen LogP contribution is 2.09. The largest absolute Gasteiger partial charge is 0.187 e. The molecule has 1 unspecified atom stereocenters. The lowest BCUT2D eigenvalue weighted by atomic mass is 10.0. The van der Waals surface area contributed by atoms with Crippen molar-refractivity contribution in [1.82, 2.24) is 0 Å². The van der Waals surface area contributed by atoms with Crippen LogP contribution in [0.3, 0.4) is 0 Å². The predicted molar refractivity (Wildman–Crippen MR) is 48.5 cm³/mol. The molecule has 0 bridgehead atoms. The first kappa shape index (κ1) is 12.2. The van der Waals surface area contributed by atoms with Crippen molar-refractivity contribution < 1.29 is 0 Å². The summed E-state index contributed by atoms with van der Waals surface area (Å²) in [5.74, 6) is 1.48. The van der Waals surface area contributed by atoms with Crippen LogP contribution in [-0.2, 0) is 0 Å². The lowest BCUT2D eigenvalue weighted by Gasteiger charge is -2.05. The Hall–Kier alpha value is 0.532. The molecule has 0 heterocycles. The Labute approximate surface area is 70.2 Å². The predicted octanol–water partition coefficient (Wildman–Crippen LogP) is 1.71. The maximum absolute atomic E-state index is 3.91. The Morgan fingerprint density at radius 2 is 1.56 bits per heavy atom. The smallest absolute Gasteiger partial charge is 0.0628 e. The molecule has 1 atom stereocenters. The SMILES string of the molecule is [AlH3].[CH2]C(C)CCC(C)C. The van der Waals surface area contributed by atoms with Crippen LogP contribution in [0.15, 0.2) is 0 Å². The summed E-state index contributed by atoms with van der Waals surface area (Å²) in [7, 11) is 0. The molecule has 0 amide bonds. The Balaban J connectivity index is 0. The van der Waals surface area contributed by atoms with Crippen LogP contribution in [0.1, 0.15) is 33.6 Å². The van der Waals surface area contributed by atoms with Gasteiger partial charge in [0, 0.05) is 0 Å². The van der Waals surface area contributed by atoms with Crippen LogP contribution in [-0.4, -0.2) is 17.4 Å². The lowest BCUT2D eigenvalue weighted by Crippen LogP contribution is -1.92. The van der Waals surface area contributed by atoms with E-state index >= 15 is 0 Å². The van der Waals surface area contributed by atoms with Crippen LogP contribution in [0, 0.1) is 18.8 Å². The molecular weight excluding hydrogens is 123 g/mol. The normalized spacial score (nSPS) is 10.0. The fraction of sp³-hybridized carbons (Fsp3) is 0.875. The summed E-state index contributed by atoms with van der Waals surface area (Å²) in [6.45, 7) is 10.6. The van der Waals surface area contributed by atoms with E-state index in [9.17, 15) is 0 Å². The Bertz CT molecular complexity index is 40.5. The highest BCUT2D eigenvalue weighted by atomic mass is 27.0. The fourth-order valence-electron chi connectivity index (χ4n) is 0.618. The molecule has 0 nitrogen and oxygen atoms in total. The van der Waals surface area contributed by atoms with Gasteiger partial charge in [0.05, 0.1) is 0 Å². The molecule has 0 saturated heterocycles. The van der Waals surface area contributed by atoms with Gasteiger partial charge in [0.25, 0.3) is 0 Å². The van der Waals surface area contributed by atoms with Crippen LogP contribution in [0.2, 0.25) is 0 Å². The zero-order chi connectivity index (χ0) is 6.57. The zero-order valence-corrected chi connectivity index (χ0v) is 6.28. The molecule has 55 valence electrons. The lowest BCUT2D eigenvalue weighted by molar-refractivity contribution is 0.500. The van der Waals surface area contributed by atoms with Gasteiger partial charge < -0.3 is 0 Å². The third-order valence-corrected chi connectivity index (χ3v) is 1.24. The van der Waals surface area contributed by atoms with Gasteiger partial charge in [-0.1, -0.05) is 40.5 Å². The highest BCUT2D eigenvalue weighted by Gasteiger charge is 1.95. The fourth-order valence-corrected chi connectivity index (χ4v) is 0.618. The van der Waals surface area contributed by atoms with E-state index in [2.05, 4.69) is 27.7 Å². The summed E-state index contributed by atoms with van der Waals surface area (Å²) in [4.78, 5) is 0. The Morgan fingerprint density at radius 3 is 1.67 bits per heavy atom. The van der Waals surface area contributed by atoms with Crippen molar-refractivity contribution in [3.05, 3.63) is 6.92 Å². The van der Waals surface area contributed by atoms with Crippen LogP contribution < -0.4 is 0 Å². The monoisotopic (exact) mass is 143 g/mol. The summed E-state index contributed by atoms with van der Waals surface area (Å²) in [5.41, 5.74) is 0. The minimum Gasteiger partial charge on any atom is -0.0628 e. The van der Waals surface area contributed by atoms with E-state index in [1.54, 1.807) is 0 Å². The van der Waals surface area contributed by atoms with Gasteiger partial charge in [-0.05, 0) is 11.8 Å². The molecule has 0 rings (SSSR count). The van der Waals surface area contributed by atoms with Crippen LogP contribution >= 0.6 is 0 Å². The number of hydrogen-bond donors (Lipinski definition) is 0. The quantitative estimate of drug-likeness (QED) is 0.528. The van der Waals surface area contributed by atoms with E-state index in [-0.39, 0.29) is 17.4 Å². The molecule has 0 aliphatic rings. The summed E-state index contributed by atoms with van der Waals surface area (Å²) < 4.78 is 0. The average molecular weight is 143 g/mol. The topological polar surface area (TPSA) is 0 Å². The van der Waals surface area contributed by atoms with Crippen molar-refractivity contribution in [3.63, 3.8) is 0 Å². The van der Waals surface area contributed by atoms with Gasteiger partial charge in [0.15, 0.2) is 17.4 Å². The molecule has 1 radical (unpaired) electrons. The van der Waals surface area contributed by atoms with E-state index in [1.165, 1.54) is 12.8 Å². The van der Waals surface area contributed by atoms with Crippen molar-refractivity contribution in [2.45, 2.75) is 33.6 Å². The van der Waals surface area contributed by atoms with Crippen molar-refractivity contribution in [2.24, 2.45) is 11.8 Å². The maximum Gasteiger partial charge on any atom is 0.187 e. The van der Waals surface area contributed by atoms with Crippen LogP contribution in [0.5, 0.6) is 0 Å². The highest BCUT2D eigenvalue weighted by molar-refractivity contribution is 5.75. The molecule has 0 aliphatic carbocycles. The Kier molecular flexibility index (Phi) is 9.04. The van der Waals surface area contributed by atoms with Gasteiger partial charge in [0.1, 0.15) is 0 Å². The molecule has 0 spiro atoms. The number of hydrogen-bond acceptors (Lipinski definition) is 0. The molecule has 0 aromatic carbocycles. The molecule has 1 heteroatoms. The minimum absolute atomic E-state index is 0. The molecular formula is C8H20Al. The standard InChI is InChI=1S/C8H17.Al.3H/c1-7(2)5-6-8(3)4;;;;/h7-8H,1,5-6H2,2-4H3;;;;. The van der Waals surface area contributed by atoms with Gasteiger partial charge in [-0.3, -0.25) is 0 Å². The second-order valence-corrected chi connectivity index (χ2v) is 3.08. The summed E-state index contributed by atoms with van der Waals surface area (Å²) in [6, 6.07) is 0. The third-order valence-electron chi connectivity index (χ3n) is 1.24. The second-order valence-electron chi connectivity index (χ2n) is 3.08. The molecule has 0 aromatic heterocycles. The average Bonchev–Trinajstić information content (AvgIpc) is 1.61. The van der Waals surface area contributed by atoms with E-state index in [4.69, 9.17) is 0 Å². The first-order valence-corrected chi connectivity index (χ1v) is 3.46. The minimum atomic E-state index is 0. The number of rotatable bonds is 3. The molecule has 9 heavy (non-hydrogen) atoms. The van der Waals surface area contributed by atoms with E-state index in [0.29, 0.717) is 5.92 Å². The van der Waals surface area contributed by atoms with E-state index < -0.39 is 0 Å². The first-order chi connectivity index (χ1) is 3.63. The maximum atomic E-state index is 3.91.